The van der Waals surface area contributed by atoms with E-state index >= 15 is 0 Å². The largest absolute Gasteiger partial charge is 0.493 e. The summed E-state index contributed by atoms with van der Waals surface area (Å²) in [6.45, 7) is 2.89. The van der Waals surface area contributed by atoms with Crippen LogP contribution in [0.25, 0.3) is 0 Å². The molecule has 2 aromatic carbocycles. The molecule has 27 heavy (non-hydrogen) atoms. The maximum Gasteiger partial charge on any atom is 0.275 e. The molecule has 1 atom stereocenters. The Morgan fingerprint density at radius 1 is 1.11 bits per heavy atom. The molecular formula is C20H25Cl2N2O3+. The van der Waals surface area contributed by atoms with Crippen molar-refractivity contribution >= 4 is 29.1 Å². The van der Waals surface area contributed by atoms with Crippen molar-refractivity contribution in [2.24, 2.45) is 0 Å². The van der Waals surface area contributed by atoms with Gasteiger partial charge < -0.3 is 20.1 Å². The molecule has 3 N–H and O–H groups in total. The van der Waals surface area contributed by atoms with Gasteiger partial charge in [0.05, 0.1) is 19.2 Å². The lowest BCUT2D eigenvalue weighted by atomic mass is 10.1. The number of carbonyl (C=O) groups excluding carboxylic acids is 1. The Labute approximate surface area is 170 Å². The van der Waals surface area contributed by atoms with Crippen molar-refractivity contribution < 1.29 is 19.6 Å². The number of amides is 1. The van der Waals surface area contributed by atoms with E-state index in [0.29, 0.717) is 41.1 Å². The van der Waals surface area contributed by atoms with Crippen molar-refractivity contribution in [3.8, 4) is 11.5 Å². The maximum atomic E-state index is 12.1. The molecule has 0 aliphatic rings. The third-order valence-electron chi connectivity index (χ3n) is 4.29. The standard InChI is InChI=1S/C20H24Cl2N2O3/c1-13(16-6-5-15(21)11-17(16)22)24-12-20(25)23-9-8-14-4-7-18(26-2)19(10-14)27-3/h4-7,10-11,13,24H,8-9,12H2,1-3H3,(H,23,25)/p+1/t13-/m1/s1. The highest BCUT2D eigenvalue weighted by molar-refractivity contribution is 6.35. The molecule has 5 nitrogen and oxygen atoms in total. The third-order valence-corrected chi connectivity index (χ3v) is 4.86. The van der Waals surface area contributed by atoms with E-state index in [0.717, 1.165) is 11.1 Å². The predicted octanol–water partition coefficient (Wildman–Crippen LogP) is 2.99. The van der Waals surface area contributed by atoms with Crippen LogP contribution < -0.4 is 20.1 Å². The summed E-state index contributed by atoms with van der Waals surface area (Å²) in [5.74, 6) is 1.35. The monoisotopic (exact) mass is 411 g/mol. The molecule has 0 heterocycles. The number of rotatable bonds is 9. The first-order chi connectivity index (χ1) is 12.9. The van der Waals surface area contributed by atoms with Crippen LogP contribution in [0.5, 0.6) is 11.5 Å². The van der Waals surface area contributed by atoms with Crippen LogP contribution in [0, 0.1) is 0 Å². The van der Waals surface area contributed by atoms with Crippen LogP contribution in [0.3, 0.4) is 0 Å². The number of nitrogens with one attached hydrogen (secondary N) is 1. The Kier molecular flexibility index (Phi) is 8.23. The van der Waals surface area contributed by atoms with E-state index in [1.165, 1.54) is 0 Å². The van der Waals surface area contributed by atoms with Gasteiger partial charge in [-0.05, 0) is 43.2 Å². The predicted molar refractivity (Wildman–Crippen MR) is 108 cm³/mol. The van der Waals surface area contributed by atoms with Crippen LogP contribution in [-0.2, 0) is 11.2 Å². The number of ether oxygens (including phenoxy) is 2. The van der Waals surface area contributed by atoms with Crippen molar-refractivity contribution in [1.29, 1.82) is 0 Å². The Bertz CT molecular complexity index is 784. The van der Waals surface area contributed by atoms with Crippen LogP contribution in [0.4, 0.5) is 0 Å². The maximum absolute atomic E-state index is 12.1. The smallest absolute Gasteiger partial charge is 0.275 e. The molecule has 1 amide bonds. The molecule has 0 fully saturated rings. The molecule has 2 rings (SSSR count). The highest BCUT2D eigenvalue weighted by Crippen LogP contribution is 2.27. The number of hydrogen-bond donors (Lipinski definition) is 2. The van der Waals surface area contributed by atoms with Gasteiger partial charge in [-0.2, -0.15) is 0 Å². The van der Waals surface area contributed by atoms with Gasteiger partial charge in [0.1, 0.15) is 6.04 Å². The van der Waals surface area contributed by atoms with E-state index in [1.807, 2.05) is 36.5 Å². The van der Waals surface area contributed by atoms with Gasteiger partial charge in [-0.15, -0.1) is 0 Å². The SMILES string of the molecule is COc1ccc(CCNC(=O)C[NH2+][C@H](C)c2ccc(Cl)cc2Cl)cc1OC. The summed E-state index contributed by atoms with van der Waals surface area (Å²) in [5, 5.41) is 6.09. The zero-order chi connectivity index (χ0) is 19.8. The van der Waals surface area contributed by atoms with Crippen LogP contribution >= 0.6 is 23.2 Å². The number of quaternary nitrogens is 1. The first-order valence-corrected chi connectivity index (χ1v) is 9.46. The average Bonchev–Trinajstić information content (AvgIpc) is 2.66. The molecule has 0 aliphatic carbocycles. The Hall–Kier alpha value is -1.95. The van der Waals surface area contributed by atoms with Crippen molar-refractivity contribution in [1.82, 2.24) is 5.32 Å². The highest BCUT2D eigenvalue weighted by Gasteiger charge is 2.14. The van der Waals surface area contributed by atoms with Gasteiger partial charge in [0, 0.05) is 17.1 Å². The van der Waals surface area contributed by atoms with Crippen molar-refractivity contribution in [2.45, 2.75) is 19.4 Å². The molecule has 146 valence electrons. The topological polar surface area (TPSA) is 64.2 Å². The van der Waals surface area contributed by atoms with Crippen LogP contribution in [0.1, 0.15) is 24.1 Å². The number of hydrogen-bond acceptors (Lipinski definition) is 3. The molecule has 0 radical (unpaired) electrons. The summed E-state index contributed by atoms with van der Waals surface area (Å²) in [6.07, 6.45) is 0.713. The molecule has 0 unspecified atom stereocenters. The minimum atomic E-state index is -0.0209. The first-order valence-electron chi connectivity index (χ1n) is 8.70. The Morgan fingerprint density at radius 2 is 1.85 bits per heavy atom. The molecule has 0 saturated heterocycles. The fourth-order valence-electron chi connectivity index (χ4n) is 2.74. The minimum Gasteiger partial charge on any atom is -0.493 e. The van der Waals surface area contributed by atoms with E-state index in [1.54, 1.807) is 26.4 Å². The van der Waals surface area contributed by atoms with Crippen molar-refractivity contribution in [3.05, 3.63) is 57.6 Å². The van der Waals surface area contributed by atoms with Crippen molar-refractivity contribution in [2.75, 3.05) is 27.3 Å². The van der Waals surface area contributed by atoms with Crippen LogP contribution in [0.15, 0.2) is 36.4 Å². The lowest BCUT2D eigenvalue weighted by molar-refractivity contribution is -0.682. The quantitative estimate of drug-likeness (QED) is 0.666. The van der Waals surface area contributed by atoms with Crippen molar-refractivity contribution in [3.63, 3.8) is 0 Å². The minimum absolute atomic E-state index is 0.0209. The first kappa shape index (κ1) is 21.4. The number of nitrogens with two attached hydrogens (primary N) is 1. The summed E-state index contributed by atoms with van der Waals surface area (Å²) in [7, 11) is 3.21. The second kappa shape index (κ2) is 10.4. The van der Waals surface area contributed by atoms with E-state index in [4.69, 9.17) is 32.7 Å². The van der Waals surface area contributed by atoms with E-state index in [2.05, 4.69) is 5.32 Å². The molecule has 0 saturated carbocycles. The highest BCUT2D eigenvalue weighted by atomic mass is 35.5. The third kappa shape index (κ3) is 6.31. The summed E-state index contributed by atoms with van der Waals surface area (Å²) < 4.78 is 10.5. The molecular weight excluding hydrogens is 387 g/mol. The van der Waals surface area contributed by atoms with E-state index in [-0.39, 0.29) is 11.9 Å². The number of methoxy groups -OCH3 is 2. The van der Waals surface area contributed by atoms with Gasteiger partial charge >= 0.3 is 0 Å². The van der Waals surface area contributed by atoms with Crippen LogP contribution in [0.2, 0.25) is 10.0 Å². The van der Waals surface area contributed by atoms with Gasteiger partial charge in [-0.25, -0.2) is 0 Å². The fraction of sp³-hybridized carbons (Fsp3) is 0.350. The number of benzene rings is 2. The van der Waals surface area contributed by atoms with Gasteiger partial charge in [0.25, 0.3) is 5.91 Å². The second-order valence-corrected chi connectivity index (χ2v) is 7.03. The second-order valence-electron chi connectivity index (χ2n) is 6.18. The summed E-state index contributed by atoms with van der Waals surface area (Å²) in [6, 6.07) is 11.2. The lowest BCUT2D eigenvalue weighted by Gasteiger charge is -2.13. The van der Waals surface area contributed by atoms with Gasteiger partial charge in [0.15, 0.2) is 18.0 Å². The fourth-order valence-corrected chi connectivity index (χ4v) is 3.32. The summed E-state index contributed by atoms with van der Waals surface area (Å²) in [4.78, 5) is 12.1. The summed E-state index contributed by atoms with van der Waals surface area (Å²) in [5.41, 5.74) is 2.03. The molecule has 0 aromatic heterocycles. The average molecular weight is 412 g/mol. The zero-order valence-corrected chi connectivity index (χ0v) is 17.2. The van der Waals surface area contributed by atoms with E-state index < -0.39 is 0 Å². The molecule has 0 bridgehead atoms. The van der Waals surface area contributed by atoms with E-state index in [9.17, 15) is 4.79 Å². The van der Waals surface area contributed by atoms with Gasteiger partial charge in [-0.1, -0.05) is 35.3 Å². The molecule has 0 spiro atoms. The number of carbonyl (C=O) groups is 1. The van der Waals surface area contributed by atoms with Gasteiger partial charge in [-0.3, -0.25) is 4.79 Å². The lowest BCUT2D eigenvalue weighted by Crippen LogP contribution is -2.87. The number of halogens is 2. The molecule has 0 aliphatic heterocycles. The Morgan fingerprint density at radius 3 is 2.52 bits per heavy atom. The normalized spacial score (nSPS) is 11.7. The molecule has 7 heteroatoms. The molecule has 2 aromatic rings. The van der Waals surface area contributed by atoms with Crippen LogP contribution in [-0.4, -0.2) is 33.2 Å². The summed E-state index contributed by atoms with van der Waals surface area (Å²) >= 11 is 12.1. The Balaban J connectivity index is 1.78. The zero-order valence-electron chi connectivity index (χ0n) is 15.7. The van der Waals surface area contributed by atoms with Gasteiger partial charge in [0.2, 0.25) is 0 Å².